The number of fused-ring (bicyclic) bond motifs is 1. The fourth-order valence-electron chi connectivity index (χ4n) is 4.06. The fourth-order valence-corrected chi connectivity index (χ4v) is 6.97. The summed E-state index contributed by atoms with van der Waals surface area (Å²) in [6.45, 7) is 6.51. The van der Waals surface area contributed by atoms with Gasteiger partial charge in [-0.2, -0.15) is 0 Å². The maximum Gasteiger partial charge on any atom is 0.349 e. The van der Waals surface area contributed by atoms with Crippen LogP contribution in [0.5, 0.6) is 0 Å². The lowest BCUT2D eigenvalue weighted by Gasteiger charge is -2.32. The van der Waals surface area contributed by atoms with Gasteiger partial charge in [-0.3, -0.25) is 23.3 Å². The summed E-state index contributed by atoms with van der Waals surface area (Å²) >= 11 is 0. The second kappa shape index (κ2) is 21.6. The number of rotatable bonds is 17. The fraction of sp³-hybridized carbons (Fsp3) is 0.536. The van der Waals surface area contributed by atoms with Crippen molar-refractivity contribution in [1.29, 1.82) is 0 Å². The number of benzene rings is 1. The number of hydrogen-bond donors (Lipinski definition) is 3. The van der Waals surface area contributed by atoms with Crippen LogP contribution in [0.1, 0.15) is 61.9 Å². The SMILES string of the molecule is CC#CCNC(=O)CCOCCCCNC(=O)c1cc2ccc(C)cc2oc1=O.C[C@H]1CC[C@@H](COP(=O)([O-])OP(=O)([O-])OP(=O)([O-])O)O1.[B]. The van der Waals surface area contributed by atoms with Crippen LogP contribution >= 0.6 is 23.5 Å². The van der Waals surface area contributed by atoms with Crippen molar-refractivity contribution in [1.82, 2.24) is 10.6 Å². The van der Waals surface area contributed by atoms with Gasteiger partial charge >= 0.3 is 5.63 Å². The number of carbonyl (C=O) groups is 2. The van der Waals surface area contributed by atoms with Crippen LogP contribution in [0, 0.1) is 18.8 Å². The van der Waals surface area contributed by atoms with Crippen molar-refractivity contribution >= 4 is 54.7 Å². The number of amides is 2. The molecule has 1 aliphatic rings. The molecule has 1 aromatic carbocycles. The third-order valence-corrected chi connectivity index (χ3v) is 9.99. The molecule has 2 heterocycles. The Hall–Kier alpha value is -2.68. The number of nitrogens with one attached hydrogen (secondary N) is 2. The minimum Gasteiger partial charge on any atom is -0.756 e. The lowest BCUT2D eigenvalue weighted by atomic mass is 10.1. The van der Waals surface area contributed by atoms with Gasteiger partial charge in [0, 0.05) is 33.4 Å². The molecule has 277 valence electrons. The smallest absolute Gasteiger partial charge is 0.349 e. The van der Waals surface area contributed by atoms with Crippen molar-refractivity contribution < 1.29 is 69.9 Å². The highest BCUT2D eigenvalue weighted by molar-refractivity contribution is 7.65. The normalized spacial score (nSPS) is 18.9. The molecule has 0 saturated carbocycles. The van der Waals surface area contributed by atoms with Crippen LogP contribution in [0.2, 0.25) is 0 Å². The van der Waals surface area contributed by atoms with Gasteiger partial charge in [0.25, 0.3) is 29.4 Å². The van der Waals surface area contributed by atoms with Gasteiger partial charge in [0.1, 0.15) is 11.1 Å². The van der Waals surface area contributed by atoms with E-state index in [1.165, 1.54) is 0 Å². The van der Waals surface area contributed by atoms with E-state index in [9.17, 15) is 42.8 Å². The molecule has 22 heteroatoms. The number of unbranched alkanes of at least 4 members (excludes halogenated alkanes) is 1. The maximum atomic E-state index is 12.2. The molecule has 3 rings (SSSR count). The monoisotopic (exact) mass is 762 g/mol. The van der Waals surface area contributed by atoms with Crippen LogP contribution in [0.3, 0.4) is 0 Å². The van der Waals surface area contributed by atoms with E-state index < -0.39 is 47.7 Å². The predicted molar refractivity (Wildman–Crippen MR) is 173 cm³/mol. The Balaban J connectivity index is 0.000000524. The third-order valence-electron chi connectivity index (χ3n) is 6.30. The molecular formula is C28H38BN2O16P3-3. The number of phosphoric acid groups is 3. The molecule has 2 amide bonds. The largest absolute Gasteiger partial charge is 0.756 e. The maximum absolute atomic E-state index is 12.2. The Labute approximate surface area is 290 Å². The predicted octanol–water partition coefficient (Wildman–Crippen LogP) is 0.778. The van der Waals surface area contributed by atoms with Crippen molar-refractivity contribution in [2.75, 3.05) is 32.9 Å². The van der Waals surface area contributed by atoms with Gasteiger partial charge in [-0.25, -0.2) is 13.4 Å². The van der Waals surface area contributed by atoms with Crippen molar-refractivity contribution in [3.63, 3.8) is 0 Å². The van der Waals surface area contributed by atoms with Gasteiger partial charge in [-0.05, 0) is 64.2 Å². The van der Waals surface area contributed by atoms with Crippen LogP contribution in [0.25, 0.3) is 11.0 Å². The average molecular weight is 762 g/mol. The number of hydrogen-bond acceptors (Lipinski definition) is 15. The summed E-state index contributed by atoms with van der Waals surface area (Å²) in [6.07, 6.45) is 2.29. The standard InChI is InChI=1S/C22H26N2O5.C6H15O11P3.B/c1-3-4-10-23-20(25)9-13-28-12-6-5-11-24-21(26)18-15-17-8-7-16(2)14-19(17)29-22(18)27;1-5-2-3-6(15-5)4-14-19(10,11)17-20(12,13)16-18(7,8)9;/h7-8,14-15H,5-6,9-13H2,1-2H3,(H,23,25)(H,24,26);5-6H,2-4H2,1H3,(H,10,11)(H,12,13)(H2,7,8,9);/p-3/t;5-,6-;/m.0./s1. The number of phosphoric ester groups is 1. The van der Waals surface area contributed by atoms with Gasteiger partial charge < -0.3 is 48.6 Å². The molecule has 0 aliphatic carbocycles. The highest BCUT2D eigenvalue weighted by Gasteiger charge is 2.27. The molecule has 3 radical (unpaired) electrons. The van der Waals surface area contributed by atoms with E-state index in [4.69, 9.17) is 18.8 Å². The molecule has 18 nitrogen and oxygen atoms in total. The molecule has 0 spiro atoms. The molecule has 1 aromatic heterocycles. The Morgan fingerprint density at radius 3 is 2.40 bits per heavy atom. The molecular weight excluding hydrogens is 724 g/mol. The Morgan fingerprint density at radius 2 is 1.76 bits per heavy atom. The highest BCUT2D eigenvalue weighted by Crippen LogP contribution is 2.61. The molecule has 1 fully saturated rings. The Kier molecular flexibility index (Phi) is 19.6. The molecule has 2 aromatic rings. The molecule has 3 unspecified atom stereocenters. The van der Waals surface area contributed by atoms with Crippen molar-refractivity contribution in [3.05, 3.63) is 45.8 Å². The number of aryl methyl sites for hydroxylation is 1. The molecule has 5 atom stereocenters. The zero-order valence-electron chi connectivity index (χ0n) is 27.5. The van der Waals surface area contributed by atoms with E-state index in [-0.39, 0.29) is 26.0 Å². The molecule has 3 N–H and O–H groups in total. The van der Waals surface area contributed by atoms with Crippen molar-refractivity contribution in [3.8, 4) is 11.8 Å². The summed E-state index contributed by atoms with van der Waals surface area (Å²) < 4.78 is 58.9. The van der Waals surface area contributed by atoms with Crippen LogP contribution in [0.15, 0.2) is 33.5 Å². The molecule has 1 aliphatic heterocycles. The van der Waals surface area contributed by atoms with Crippen LogP contribution in [-0.4, -0.2) is 70.2 Å². The average Bonchev–Trinajstić information content (AvgIpc) is 3.40. The van der Waals surface area contributed by atoms with Gasteiger partial charge in [0.15, 0.2) is 0 Å². The van der Waals surface area contributed by atoms with E-state index in [0.29, 0.717) is 63.0 Å². The first-order valence-corrected chi connectivity index (χ1v) is 19.3. The summed E-state index contributed by atoms with van der Waals surface area (Å²) in [7, 11) is -16.9. The highest BCUT2D eigenvalue weighted by atomic mass is 31.3. The summed E-state index contributed by atoms with van der Waals surface area (Å²) in [5.74, 6) is 4.91. The van der Waals surface area contributed by atoms with Crippen molar-refractivity contribution in [2.45, 2.75) is 65.1 Å². The Bertz CT molecular complexity index is 1690. The van der Waals surface area contributed by atoms with Gasteiger partial charge in [0.2, 0.25) is 5.91 Å². The van der Waals surface area contributed by atoms with Gasteiger partial charge in [-0.15, -0.1) is 5.92 Å². The van der Waals surface area contributed by atoms with E-state index in [1.807, 2.05) is 19.1 Å². The lowest BCUT2D eigenvalue weighted by molar-refractivity contribution is -0.250. The lowest BCUT2D eigenvalue weighted by Crippen LogP contribution is -2.29. The summed E-state index contributed by atoms with van der Waals surface area (Å²) in [4.78, 5) is 76.1. The first-order chi connectivity index (χ1) is 22.9. The summed E-state index contributed by atoms with van der Waals surface area (Å²) in [5, 5.41) is 6.10. The van der Waals surface area contributed by atoms with Crippen LogP contribution < -0.4 is 30.9 Å². The first-order valence-electron chi connectivity index (χ1n) is 14.8. The second-order valence-electron chi connectivity index (χ2n) is 10.5. The molecule has 0 bridgehead atoms. The summed E-state index contributed by atoms with van der Waals surface area (Å²) in [6, 6.07) is 7.03. The van der Waals surface area contributed by atoms with Gasteiger partial charge in [-0.1, -0.05) is 18.1 Å². The van der Waals surface area contributed by atoms with Crippen LogP contribution in [-0.2, 0) is 41.1 Å². The van der Waals surface area contributed by atoms with E-state index in [1.54, 1.807) is 26.0 Å². The number of ether oxygens (including phenoxy) is 2. The third kappa shape index (κ3) is 18.5. The van der Waals surface area contributed by atoms with E-state index in [2.05, 4.69) is 35.6 Å². The van der Waals surface area contributed by atoms with Crippen molar-refractivity contribution in [2.24, 2.45) is 0 Å². The summed E-state index contributed by atoms with van der Waals surface area (Å²) in [5.41, 5.74) is 0.797. The zero-order valence-corrected chi connectivity index (χ0v) is 30.2. The minimum absolute atomic E-state index is 0. The molecule has 1 saturated heterocycles. The van der Waals surface area contributed by atoms with E-state index >= 15 is 0 Å². The minimum atomic E-state index is -5.83. The van der Waals surface area contributed by atoms with Gasteiger partial charge in [0.05, 0.1) is 32.0 Å². The quantitative estimate of drug-likeness (QED) is 0.0660. The van der Waals surface area contributed by atoms with Crippen LogP contribution in [0.4, 0.5) is 0 Å². The zero-order chi connectivity index (χ0) is 36.7. The Morgan fingerprint density at radius 1 is 1.04 bits per heavy atom. The second-order valence-corrected chi connectivity index (χ2v) is 14.8. The first kappa shape index (κ1) is 45.3. The number of carbonyl (C=O) groups excluding carboxylic acids is 2. The topological polar surface area (TPSA) is 275 Å². The molecule has 50 heavy (non-hydrogen) atoms. The van der Waals surface area contributed by atoms with E-state index in [0.717, 1.165) is 12.0 Å².